The quantitative estimate of drug-likeness (QED) is 0.521. The second-order valence-corrected chi connectivity index (χ2v) is 9.75. The van der Waals surface area contributed by atoms with E-state index < -0.39 is 5.41 Å². The maximum atomic E-state index is 13.8. The summed E-state index contributed by atoms with van der Waals surface area (Å²) in [6.07, 6.45) is 2.65. The Kier molecular flexibility index (Phi) is 4.39. The smallest absolute Gasteiger partial charge is 0.237 e. The lowest BCUT2D eigenvalue weighted by Crippen LogP contribution is -2.46. The minimum Gasteiger partial charge on any atom is -0.325 e. The van der Waals surface area contributed by atoms with Crippen LogP contribution in [0, 0.1) is 5.41 Å². The van der Waals surface area contributed by atoms with E-state index in [0.717, 1.165) is 41.9 Å². The van der Waals surface area contributed by atoms with Crippen molar-refractivity contribution in [3.63, 3.8) is 0 Å². The fraction of sp³-hybridized carbons (Fsp3) is 0.375. The molecule has 0 spiro atoms. The molecule has 1 saturated carbocycles. The van der Waals surface area contributed by atoms with Crippen molar-refractivity contribution in [3.05, 3.63) is 63.4 Å². The number of hydrogen-bond acceptors (Lipinski definition) is 3. The van der Waals surface area contributed by atoms with Crippen molar-refractivity contribution in [2.45, 2.75) is 51.4 Å². The summed E-state index contributed by atoms with van der Waals surface area (Å²) in [4.78, 5) is 23.6. The van der Waals surface area contributed by atoms with Gasteiger partial charge in [0, 0.05) is 11.6 Å². The average Bonchev–Trinajstić information content (AvgIpc) is 3.09. The molecule has 0 radical (unpaired) electrons. The van der Waals surface area contributed by atoms with Gasteiger partial charge in [-0.05, 0) is 54.5 Å². The number of aryl methyl sites for hydroxylation is 1. The van der Waals surface area contributed by atoms with Crippen LogP contribution in [0.2, 0.25) is 10.0 Å². The summed E-state index contributed by atoms with van der Waals surface area (Å²) in [6, 6.07) is 11.5. The van der Waals surface area contributed by atoms with Crippen LogP contribution in [0.3, 0.4) is 0 Å². The van der Waals surface area contributed by atoms with Crippen LogP contribution in [0.4, 0.5) is 5.69 Å². The molecule has 2 atom stereocenters. The molecule has 5 rings (SSSR count). The monoisotopic (exact) mass is 439 g/mol. The molecular formula is C24H23Cl2N3O. The molecule has 1 N–H and O–H groups in total. The molecule has 2 aliphatic carbocycles. The van der Waals surface area contributed by atoms with Crippen molar-refractivity contribution in [3.8, 4) is 0 Å². The summed E-state index contributed by atoms with van der Waals surface area (Å²) in [5, 5.41) is 4.07. The first-order valence-corrected chi connectivity index (χ1v) is 11.1. The predicted octanol–water partition coefficient (Wildman–Crippen LogP) is 6.29. The molecule has 2 bridgehead atoms. The zero-order valence-corrected chi connectivity index (χ0v) is 18.7. The maximum Gasteiger partial charge on any atom is 0.237 e. The Hall–Kier alpha value is -2.17. The second kappa shape index (κ2) is 6.66. The Labute approximate surface area is 186 Å². The molecule has 0 saturated heterocycles. The van der Waals surface area contributed by atoms with E-state index >= 15 is 0 Å². The number of nitrogens with one attached hydrogen (secondary N) is 1. The van der Waals surface area contributed by atoms with Gasteiger partial charge in [-0.15, -0.1) is 0 Å². The van der Waals surface area contributed by atoms with Gasteiger partial charge in [-0.3, -0.25) is 4.79 Å². The number of carbonyl (C=O) groups is 1. The largest absolute Gasteiger partial charge is 0.325 e. The number of aromatic nitrogens is 2. The number of rotatable bonds is 3. The van der Waals surface area contributed by atoms with Crippen LogP contribution in [0.15, 0.2) is 36.4 Å². The van der Waals surface area contributed by atoms with Gasteiger partial charge in [0.2, 0.25) is 5.91 Å². The van der Waals surface area contributed by atoms with Gasteiger partial charge in [-0.25, -0.2) is 9.97 Å². The molecule has 4 nitrogen and oxygen atoms in total. The lowest BCUT2D eigenvalue weighted by atomic mass is 9.67. The fourth-order valence-electron chi connectivity index (χ4n) is 5.44. The van der Waals surface area contributed by atoms with Gasteiger partial charge < -0.3 is 5.32 Å². The number of amides is 1. The van der Waals surface area contributed by atoms with E-state index in [9.17, 15) is 4.79 Å². The highest BCUT2D eigenvalue weighted by Gasteiger charge is 2.67. The Bertz CT molecular complexity index is 1190. The summed E-state index contributed by atoms with van der Waals surface area (Å²) in [7, 11) is 0. The number of nitrogens with zero attached hydrogens (tertiary/aromatic N) is 2. The molecule has 2 aliphatic rings. The summed E-state index contributed by atoms with van der Waals surface area (Å²) < 4.78 is 0. The molecule has 6 heteroatoms. The maximum absolute atomic E-state index is 13.8. The van der Waals surface area contributed by atoms with Crippen molar-refractivity contribution in [2.75, 3.05) is 5.32 Å². The standard InChI is InChI=1S/C24H23Cl2N3O/c1-4-13-5-7-14(8-6-13)27-22(30)24-10-9-15(23(24,2)3)20-21(24)29-19-12-17(26)16(25)11-18(19)28-20/h5-8,11-12,15H,4,9-10H2,1-3H3,(H,27,30). The number of anilines is 1. The summed E-state index contributed by atoms with van der Waals surface area (Å²) >= 11 is 12.4. The molecule has 0 aliphatic heterocycles. The molecule has 1 amide bonds. The van der Waals surface area contributed by atoms with Crippen LogP contribution in [-0.4, -0.2) is 15.9 Å². The van der Waals surface area contributed by atoms with E-state index in [1.807, 2.05) is 12.1 Å². The van der Waals surface area contributed by atoms with E-state index in [2.05, 4.69) is 38.2 Å². The number of hydrogen-bond donors (Lipinski definition) is 1. The Morgan fingerprint density at radius 3 is 2.37 bits per heavy atom. The third kappa shape index (κ3) is 2.56. The minimum absolute atomic E-state index is 0.00768. The van der Waals surface area contributed by atoms with Crippen molar-refractivity contribution < 1.29 is 4.79 Å². The van der Waals surface area contributed by atoms with E-state index in [1.165, 1.54) is 5.56 Å². The van der Waals surface area contributed by atoms with Crippen molar-refractivity contribution >= 4 is 45.8 Å². The minimum atomic E-state index is -0.719. The molecule has 2 unspecified atom stereocenters. The van der Waals surface area contributed by atoms with Gasteiger partial charge >= 0.3 is 0 Å². The Morgan fingerprint density at radius 2 is 1.73 bits per heavy atom. The molecule has 1 heterocycles. The number of fused-ring (bicyclic) bond motifs is 6. The number of benzene rings is 2. The van der Waals surface area contributed by atoms with Crippen molar-refractivity contribution in [2.24, 2.45) is 5.41 Å². The molecule has 154 valence electrons. The van der Waals surface area contributed by atoms with E-state index in [4.69, 9.17) is 33.2 Å². The van der Waals surface area contributed by atoms with Crippen LogP contribution in [-0.2, 0) is 16.6 Å². The molecule has 1 aromatic heterocycles. The lowest BCUT2D eigenvalue weighted by molar-refractivity contribution is -0.124. The van der Waals surface area contributed by atoms with Gasteiger partial charge in [0.25, 0.3) is 0 Å². The van der Waals surface area contributed by atoms with Gasteiger partial charge in [0.1, 0.15) is 0 Å². The van der Waals surface area contributed by atoms with E-state index in [0.29, 0.717) is 15.6 Å². The third-order valence-electron chi connectivity index (χ3n) is 7.25. The molecule has 3 aromatic rings. The molecule has 2 aromatic carbocycles. The molecule has 30 heavy (non-hydrogen) atoms. The first-order valence-electron chi connectivity index (χ1n) is 10.4. The van der Waals surface area contributed by atoms with Crippen molar-refractivity contribution in [1.82, 2.24) is 9.97 Å². The predicted molar refractivity (Wildman–Crippen MR) is 121 cm³/mol. The lowest BCUT2D eigenvalue weighted by Gasteiger charge is -2.36. The zero-order valence-electron chi connectivity index (χ0n) is 17.2. The van der Waals surface area contributed by atoms with Crippen LogP contribution < -0.4 is 5.32 Å². The normalized spacial score (nSPS) is 23.6. The van der Waals surface area contributed by atoms with Crippen molar-refractivity contribution in [1.29, 1.82) is 0 Å². The molecular weight excluding hydrogens is 417 g/mol. The van der Waals surface area contributed by atoms with Gasteiger partial charge in [-0.1, -0.05) is 56.1 Å². The number of carbonyl (C=O) groups excluding carboxylic acids is 1. The van der Waals surface area contributed by atoms with Crippen LogP contribution in [0.1, 0.15) is 56.5 Å². The van der Waals surface area contributed by atoms with Gasteiger partial charge in [0.15, 0.2) is 0 Å². The Balaban J connectivity index is 1.62. The topological polar surface area (TPSA) is 54.9 Å². The highest BCUT2D eigenvalue weighted by molar-refractivity contribution is 6.42. The van der Waals surface area contributed by atoms with Crippen LogP contribution in [0.25, 0.3) is 11.0 Å². The average molecular weight is 440 g/mol. The SMILES string of the molecule is CCc1ccc(NC(=O)C23CCC(c4nc5cc(Cl)c(Cl)cc5nc42)C3(C)C)cc1. The highest BCUT2D eigenvalue weighted by atomic mass is 35.5. The summed E-state index contributed by atoms with van der Waals surface area (Å²) in [5.74, 6) is 0.179. The zero-order chi connectivity index (χ0) is 21.3. The fourth-order valence-corrected chi connectivity index (χ4v) is 5.76. The van der Waals surface area contributed by atoms with Gasteiger partial charge in [-0.2, -0.15) is 0 Å². The highest BCUT2D eigenvalue weighted by Crippen LogP contribution is 2.67. The first kappa shape index (κ1) is 19.8. The van der Waals surface area contributed by atoms with E-state index in [1.54, 1.807) is 12.1 Å². The van der Waals surface area contributed by atoms with E-state index in [-0.39, 0.29) is 17.2 Å². The molecule has 1 fully saturated rings. The van der Waals surface area contributed by atoms with Crippen LogP contribution >= 0.6 is 23.2 Å². The summed E-state index contributed by atoms with van der Waals surface area (Å²) in [5.41, 5.74) is 4.15. The summed E-state index contributed by atoms with van der Waals surface area (Å²) in [6.45, 7) is 6.45. The number of halogens is 2. The Morgan fingerprint density at radius 1 is 1.10 bits per heavy atom. The van der Waals surface area contributed by atoms with Gasteiger partial charge in [0.05, 0.1) is 37.9 Å². The first-order chi connectivity index (χ1) is 14.3. The van der Waals surface area contributed by atoms with Crippen LogP contribution in [0.5, 0.6) is 0 Å². The third-order valence-corrected chi connectivity index (χ3v) is 7.98. The second-order valence-electron chi connectivity index (χ2n) is 8.94.